The summed E-state index contributed by atoms with van der Waals surface area (Å²) >= 11 is 0. The third-order valence-electron chi connectivity index (χ3n) is 3.35. The number of hydrogen-bond donors (Lipinski definition) is 2. The Bertz CT molecular complexity index is 273. The van der Waals surface area contributed by atoms with Gasteiger partial charge in [-0.2, -0.15) is 0 Å². The van der Waals surface area contributed by atoms with E-state index < -0.39 is 5.60 Å². The van der Waals surface area contributed by atoms with Gasteiger partial charge in [0.2, 0.25) is 0 Å². The van der Waals surface area contributed by atoms with Gasteiger partial charge in [0.1, 0.15) is 5.60 Å². The molecule has 1 amide bonds. The summed E-state index contributed by atoms with van der Waals surface area (Å²) < 4.78 is 5.30. The zero-order chi connectivity index (χ0) is 13.1. The Morgan fingerprint density at radius 3 is 2.65 bits per heavy atom. The first-order chi connectivity index (χ1) is 7.77. The van der Waals surface area contributed by atoms with E-state index in [4.69, 9.17) is 4.74 Å². The highest BCUT2D eigenvalue weighted by Crippen LogP contribution is 2.37. The second-order valence-corrected chi connectivity index (χ2v) is 6.28. The molecular formula is C13H26N2O2. The van der Waals surface area contributed by atoms with Crippen LogP contribution in [0.1, 0.15) is 47.0 Å². The average molecular weight is 242 g/mol. The van der Waals surface area contributed by atoms with Crippen LogP contribution in [0.5, 0.6) is 0 Å². The Morgan fingerprint density at radius 1 is 1.47 bits per heavy atom. The van der Waals surface area contributed by atoms with Crippen LogP contribution in [0.25, 0.3) is 0 Å². The topological polar surface area (TPSA) is 50.4 Å². The molecule has 1 saturated carbocycles. The zero-order valence-corrected chi connectivity index (χ0v) is 11.7. The molecule has 0 saturated heterocycles. The van der Waals surface area contributed by atoms with E-state index in [0.29, 0.717) is 0 Å². The van der Waals surface area contributed by atoms with Crippen LogP contribution in [-0.4, -0.2) is 31.3 Å². The van der Waals surface area contributed by atoms with Crippen LogP contribution in [0.15, 0.2) is 0 Å². The number of amides is 1. The second kappa shape index (κ2) is 5.25. The highest BCUT2D eigenvalue weighted by atomic mass is 16.6. The maximum atomic E-state index is 11.8. The molecule has 1 rings (SSSR count). The van der Waals surface area contributed by atoms with Crippen LogP contribution in [0, 0.1) is 5.41 Å². The van der Waals surface area contributed by atoms with Crippen molar-refractivity contribution in [2.75, 3.05) is 13.6 Å². The molecule has 0 aromatic rings. The molecule has 2 atom stereocenters. The predicted octanol–water partition coefficient (Wildman–Crippen LogP) is 2.29. The molecule has 1 aliphatic carbocycles. The van der Waals surface area contributed by atoms with E-state index in [1.165, 1.54) is 6.42 Å². The van der Waals surface area contributed by atoms with Crippen molar-refractivity contribution in [3.8, 4) is 0 Å². The first-order valence-corrected chi connectivity index (χ1v) is 6.41. The fourth-order valence-electron chi connectivity index (χ4n) is 2.54. The smallest absolute Gasteiger partial charge is 0.407 e. The van der Waals surface area contributed by atoms with Crippen LogP contribution in [-0.2, 0) is 4.74 Å². The van der Waals surface area contributed by atoms with Gasteiger partial charge >= 0.3 is 6.09 Å². The van der Waals surface area contributed by atoms with Gasteiger partial charge < -0.3 is 15.4 Å². The minimum absolute atomic E-state index is 0.144. The van der Waals surface area contributed by atoms with Gasteiger partial charge in [-0.3, -0.25) is 0 Å². The Kier molecular flexibility index (Phi) is 4.42. The number of carbonyl (C=O) groups excluding carboxylic acids is 1. The normalized spacial score (nSPS) is 29.1. The molecule has 0 radical (unpaired) electrons. The first kappa shape index (κ1) is 14.3. The summed E-state index contributed by atoms with van der Waals surface area (Å²) in [6.07, 6.45) is 3.05. The Labute approximate surface area is 104 Å². The number of ether oxygens (including phenoxy) is 1. The third-order valence-corrected chi connectivity index (χ3v) is 3.35. The van der Waals surface area contributed by atoms with Crippen LogP contribution < -0.4 is 10.6 Å². The molecule has 0 aliphatic heterocycles. The monoisotopic (exact) mass is 242 g/mol. The van der Waals surface area contributed by atoms with Crippen LogP contribution >= 0.6 is 0 Å². The fraction of sp³-hybridized carbons (Fsp3) is 0.923. The van der Waals surface area contributed by atoms with Gasteiger partial charge in [0.15, 0.2) is 0 Å². The van der Waals surface area contributed by atoms with E-state index in [9.17, 15) is 4.79 Å². The maximum Gasteiger partial charge on any atom is 0.407 e. The van der Waals surface area contributed by atoms with Gasteiger partial charge in [-0.1, -0.05) is 13.3 Å². The summed E-state index contributed by atoms with van der Waals surface area (Å²) in [6, 6.07) is 0.213. The van der Waals surface area contributed by atoms with Crippen molar-refractivity contribution in [2.24, 2.45) is 5.41 Å². The molecular weight excluding hydrogens is 216 g/mol. The third kappa shape index (κ3) is 4.19. The van der Waals surface area contributed by atoms with Crippen molar-refractivity contribution in [2.45, 2.75) is 58.6 Å². The lowest BCUT2D eigenvalue weighted by Gasteiger charge is -2.32. The molecule has 0 aromatic carbocycles. The second-order valence-electron chi connectivity index (χ2n) is 6.28. The summed E-state index contributed by atoms with van der Waals surface area (Å²) in [5.74, 6) is 0. The standard InChI is InChI=1S/C13H26N2O2/c1-12(2,3)17-11(16)15-10-7-6-8-13(10,4)9-14-5/h10,14H,6-9H2,1-5H3,(H,15,16)/t10-,13+/m0/s1. The Hall–Kier alpha value is -0.770. The minimum Gasteiger partial charge on any atom is -0.444 e. The molecule has 1 aliphatic rings. The minimum atomic E-state index is -0.428. The summed E-state index contributed by atoms with van der Waals surface area (Å²) in [6.45, 7) is 8.79. The molecule has 100 valence electrons. The van der Waals surface area contributed by atoms with E-state index >= 15 is 0 Å². The lowest BCUT2D eigenvalue weighted by molar-refractivity contribution is 0.0467. The van der Waals surface area contributed by atoms with E-state index in [0.717, 1.165) is 19.4 Å². The van der Waals surface area contributed by atoms with Gasteiger partial charge in [0.05, 0.1) is 0 Å². The molecule has 2 N–H and O–H groups in total. The van der Waals surface area contributed by atoms with Gasteiger partial charge in [0.25, 0.3) is 0 Å². The average Bonchev–Trinajstić information content (AvgIpc) is 2.45. The molecule has 1 fully saturated rings. The molecule has 0 unspecified atom stereocenters. The molecule has 0 heterocycles. The van der Waals surface area contributed by atoms with Crippen LogP contribution in [0.3, 0.4) is 0 Å². The first-order valence-electron chi connectivity index (χ1n) is 6.41. The number of hydrogen-bond acceptors (Lipinski definition) is 3. The van der Waals surface area contributed by atoms with Crippen LogP contribution in [0.4, 0.5) is 4.79 Å². The molecule has 0 spiro atoms. The summed E-state index contributed by atoms with van der Waals surface area (Å²) in [7, 11) is 1.95. The van der Waals surface area contributed by atoms with Gasteiger partial charge in [-0.05, 0) is 40.7 Å². The van der Waals surface area contributed by atoms with Crippen molar-refractivity contribution in [1.82, 2.24) is 10.6 Å². The number of carbonyl (C=O) groups is 1. The van der Waals surface area contributed by atoms with Crippen molar-refractivity contribution in [3.63, 3.8) is 0 Å². The summed E-state index contributed by atoms with van der Waals surface area (Å²) in [5, 5.41) is 6.22. The van der Waals surface area contributed by atoms with Crippen molar-refractivity contribution in [1.29, 1.82) is 0 Å². The molecule has 4 nitrogen and oxygen atoms in total. The van der Waals surface area contributed by atoms with Gasteiger partial charge in [-0.15, -0.1) is 0 Å². The number of nitrogens with one attached hydrogen (secondary N) is 2. The fourth-order valence-corrected chi connectivity index (χ4v) is 2.54. The van der Waals surface area contributed by atoms with Crippen molar-refractivity contribution < 1.29 is 9.53 Å². The van der Waals surface area contributed by atoms with Crippen molar-refractivity contribution >= 4 is 6.09 Å². The molecule has 4 heteroatoms. The molecule has 17 heavy (non-hydrogen) atoms. The largest absolute Gasteiger partial charge is 0.444 e. The van der Waals surface area contributed by atoms with Crippen LogP contribution in [0.2, 0.25) is 0 Å². The highest BCUT2D eigenvalue weighted by Gasteiger charge is 2.39. The molecule has 0 bridgehead atoms. The van der Waals surface area contributed by atoms with E-state index in [-0.39, 0.29) is 17.6 Å². The maximum absolute atomic E-state index is 11.8. The SMILES string of the molecule is CNC[C@@]1(C)CCC[C@@H]1NC(=O)OC(C)(C)C. The lowest BCUT2D eigenvalue weighted by Crippen LogP contribution is -2.48. The molecule has 0 aromatic heterocycles. The van der Waals surface area contributed by atoms with Gasteiger partial charge in [0, 0.05) is 18.0 Å². The summed E-state index contributed by atoms with van der Waals surface area (Å²) in [5.41, 5.74) is -0.284. The Morgan fingerprint density at radius 2 is 2.12 bits per heavy atom. The van der Waals surface area contributed by atoms with Gasteiger partial charge in [-0.25, -0.2) is 4.79 Å². The summed E-state index contributed by atoms with van der Waals surface area (Å²) in [4.78, 5) is 11.8. The number of rotatable bonds is 3. The highest BCUT2D eigenvalue weighted by molar-refractivity contribution is 5.68. The lowest BCUT2D eigenvalue weighted by atomic mass is 9.85. The van der Waals surface area contributed by atoms with E-state index in [1.807, 2.05) is 27.8 Å². The zero-order valence-electron chi connectivity index (χ0n) is 11.7. The van der Waals surface area contributed by atoms with Crippen molar-refractivity contribution in [3.05, 3.63) is 0 Å². The quantitative estimate of drug-likeness (QED) is 0.798. The van der Waals surface area contributed by atoms with E-state index in [1.54, 1.807) is 0 Å². The Balaban J connectivity index is 2.53. The van der Waals surface area contributed by atoms with E-state index in [2.05, 4.69) is 17.6 Å². The number of alkyl carbamates (subject to hydrolysis) is 1. The predicted molar refractivity (Wildman–Crippen MR) is 69.0 cm³/mol.